The topological polar surface area (TPSA) is 126 Å². The first-order valence-electron chi connectivity index (χ1n) is 9.03. The molecule has 1 atom stereocenters. The fraction of sp³-hybridized carbons (Fsp3) is 0.368. The molecule has 0 radical (unpaired) electrons. The fourth-order valence-corrected chi connectivity index (χ4v) is 2.95. The van der Waals surface area contributed by atoms with E-state index >= 15 is 0 Å². The highest BCUT2D eigenvalue weighted by Gasteiger charge is 2.20. The van der Waals surface area contributed by atoms with Crippen LogP contribution in [0.25, 0.3) is 11.5 Å². The summed E-state index contributed by atoms with van der Waals surface area (Å²) in [5, 5.41) is 22.9. The Morgan fingerprint density at radius 3 is 2.55 bits per heavy atom. The average Bonchev–Trinajstić information content (AvgIpc) is 3.26. The molecule has 1 unspecified atom stereocenters. The van der Waals surface area contributed by atoms with E-state index in [0.29, 0.717) is 12.0 Å². The van der Waals surface area contributed by atoms with Crippen LogP contribution in [0.1, 0.15) is 42.3 Å². The molecular weight excluding hydrogens is 378 g/mol. The summed E-state index contributed by atoms with van der Waals surface area (Å²) in [4.78, 5) is 22.4. The second-order valence-corrected chi connectivity index (χ2v) is 6.65. The molecule has 0 aliphatic carbocycles. The van der Waals surface area contributed by atoms with E-state index in [0.717, 1.165) is 17.0 Å². The van der Waals surface area contributed by atoms with Crippen LogP contribution < -0.4 is 0 Å². The van der Waals surface area contributed by atoms with Gasteiger partial charge in [0.25, 0.3) is 11.6 Å². The van der Waals surface area contributed by atoms with Gasteiger partial charge >= 0.3 is 5.97 Å². The number of carbonyl (C=O) groups is 1. The van der Waals surface area contributed by atoms with Gasteiger partial charge in [0.15, 0.2) is 6.10 Å². The van der Waals surface area contributed by atoms with Gasteiger partial charge in [0, 0.05) is 36.9 Å². The highest BCUT2D eigenvalue weighted by atomic mass is 16.6. The fourth-order valence-electron chi connectivity index (χ4n) is 2.95. The van der Waals surface area contributed by atoms with Gasteiger partial charge in [-0.2, -0.15) is 5.10 Å². The Bertz CT molecular complexity index is 1040. The van der Waals surface area contributed by atoms with Gasteiger partial charge < -0.3 is 9.15 Å². The quantitative estimate of drug-likeness (QED) is 0.337. The smallest absolute Gasteiger partial charge is 0.306 e. The number of esters is 1. The number of aryl methyl sites for hydroxylation is 2. The van der Waals surface area contributed by atoms with Gasteiger partial charge in [-0.05, 0) is 44.9 Å². The number of ether oxygens (including phenoxy) is 1. The molecule has 0 aliphatic rings. The lowest BCUT2D eigenvalue weighted by atomic mass is 10.1. The monoisotopic (exact) mass is 399 g/mol. The maximum absolute atomic E-state index is 12.2. The van der Waals surface area contributed by atoms with Gasteiger partial charge in [0.05, 0.1) is 10.6 Å². The van der Waals surface area contributed by atoms with Crippen molar-refractivity contribution in [3.05, 3.63) is 57.2 Å². The van der Waals surface area contributed by atoms with Crippen molar-refractivity contribution >= 4 is 11.7 Å². The summed E-state index contributed by atoms with van der Waals surface area (Å²) in [5.41, 5.74) is 3.46. The zero-order chi connectivity index (χ0) is 21.1. The maximum atomic E-state index is 12.2. The Morgan fingerprint density at radius 1 is 1.28 bits per heavy atom. The first-order valence-corrected chi connectivity index (χ1v) is 9.03. The summed E-state index contributed by atoms with van der Waals surface area (Å²) in [6.45, 7) is 5.52. The number of non-ortho nitro benzene ring substituents is 1. The molecule has 0 saturated carbocycles. The van der Waals surface area contributed by atoms with Crippen molar-refractivity contribution in [1.29, 1.82) is 0 Å². The van der Waals surface area contributed by atoms with Crippen LogP contribution in [-0.4, -0.2) is 30.9 Å². The zero-order valence-electron chi connectivity index (χ0n) is 16.6. The lowest BCUT2D eigenvalue weighted by molar-refractivity contribution is -0.384. The minimum Gasteiger partial charge on any atom is -0.453 e. The minimum absolute atomic E-state index is 0.0325. The maximum Gasteiger partial charge on any atom is 0.306 e. The molecule has 29 heavy (non-hydrogen) atoms. The molecule has 0 amide bonds. The first-order chi connectivity index (χ1) is 13.8. The summed E-state index contributed by atoms with van der Waals surface area (Å²) >= 11 is 0. The molecule has 10 nitrogen and oxygen atoms in total. The van der Waals surface area contributed by atoms with E-state index in [-0.39, 0.29) is 29.9 Å². The molecule has 2 heterocycles. The van der Waals surface area contributed by atoms with Crippen LogP contribution >= 0.6 is 0 Å². The van der Waals surface area contributed by atoms with Gasteiger partial charge in [-0.1, -0.05) is 0 Å². The molecule has 0 saturated heterocycles. The van der Waals surface area contributed by atoms with E-state index in [1.165, 1.54) is 24.3 Å². The van der Waals surface area contributed by atoms with Crippen LogP contribution in [0.2, 0.25) is 0 Å². The molecule has 0 fully saturated rings. The third kappa shape index (κ3) is 4.48. The minimum atomic E-state index is -0.710. The van der Waals surface area contributed by atoms with E-state index in [2.05, 4.69) is 15.3 Å². The van der Waals surface area contributed by atoms with Gasteiger partial charge in [-0.15, -0.1) is 10.2 Å². The number of nitro benzene ring substituents is 1. The van der Waals surface area contributed by atoms with Crippen molar-refractivity contribution in [1.82, 2.24) is 20.0 Å². The third-order valence-electron chi connectivity index (χ3n) is 4.66. The van der Waals surface area contributed by atoms with Crippen LogP contribution in [0.4, 0.5) is 5.69 Å². The molecule has 0 aliphatic heterocycles. The van der Waals surface area contributed by atoms with Crippen molar-refractivity contribution < 1.29 is 18.9 Å². The van der Waals surface area contributed by atoms with Crippen molar-refractivity contribution in [2.75, 3.05) is 0 Å². The van der Waals surface area contributed by atoms with E-state index in [4.69, 9.17) is 9.15 Å². The number of carbonyl (C=O) groups excluding carboxylic acids is 1. The van der Waals surface area contributed by atoms with Gasteiger partial charge in [-0.3, -0.25) is 19.6 Å². The van der Waals surface area contributed by atoms with Crippen LogP contribution in [-0.2, 0) is 23.0 Å². The molecule has 10 heteroatoms. The predicted molar refractivity (Wildman–Crippen MR) is 102 cm³/mol. The normalized spacial score (nSPS) is 12.0. The van der Waals surface area contributed by atoms with Crippen molar-refractivity contribution in [3.63, 3.8) is 0 Å². The first kappa shape index (κ1) is 20.2. The molecule has 0 N–H and O–H groups in total. The summed E-state index contributed by atoms with van der Waals surface area (Å²) < 4.78 is 12.7. The zero-order valence-corrected chi connectivity index (χ0v) is 16.6. The Hall–Kier alpha value is -3.56. The molecule has 0 bridgehead atoms. The Balaban J connectivity index is 1.60. The van der Waals surface area contributed by atoms with E-state index < -0.39 is 11.0 Å². The van der Waals surface area contributed by atoms with E-state index in [9.17, 15) is 14.9 Å². The predicted octanol–water partition coefficient (Wildman–Crippen LogP) is 3.23. The largest absolute Gasteiger partial charge is 0.453 e. The molecule has 0 spiro atoms. The van der Waals surface area contributed by atoms with Crippen LogP contribution in [0.15, 0.2) is 28.7 Å². The highest BCUT2D eigenvalue weighted by molar-refractivity contribution is 5.70. The summed E-state index contributed by atoms with van der Waals surface area (Å²) in [6.07, 6.45) is 0.0357. The van der Waals surface area contributed by atoms with Gasteiger partial charge in [0.1, 0.15) is 0 Å². The van der Waals surface area contributed by atoms with E-state index in [1.54, 1.807) is 11.6 Å². The highest BCUT2D eigenvalue weighted by Crippen LogP contribution is 2.24. The van der Waals surface area contributed by atoms with E-state index in [1.807, 2.05) is 20.9 Å². The Morgan fingerprint density at radius 2 is 1.97 bits per heavy atom. The van der Waals surface area contributed by atoms with Crippen LogP contribution in [0.5, 0.6) is 0 Å². The van der Waals surface area contributed by atoms with Crippen molar-refractivity contribution in [2.24, 2.45) is 7.05 Å². The van der Waals surface area contributed by atoms with Gasteiger partial charge in [0.2, 0.25) is 5.89 Å². The Labute approximate surface area is 166 Å². The van der Waals surface area contributed by atoms with Crippen LogP contribution in [0.3, 0.4) is 0 Å². The average molecular weight is 399 g/mol. The number of benzene rings is 1. The summed E-state index contributed by atoms with van der Waals surface area (Å²) in [6, 6.07) is 5.74. The number of nitro groups is 1. The number of rotatable bonds is 7. The molecule has 3 rings (SSSR count). The number of hydrogen-bond acceptors (Lipinski definition) is 8. The number of aromatic nitrogens is 4. The second kappa shape index (κ2) is 8.21. The standard InChI is InChI=1S/C19H21N5O5/c1-11-16(12(2)23(4)22-11)9-10-17(25)28-13(3)18-20-21-19(29-18)14-5-7-15(8-6-14)24(26)27/h5-8,13H,9-10H2,1-4H3. The molecule has 152 valence electrons. The van der Waals surface area contributed by atoms with Gasteiger partial charge in [-0.25, -0.2) is 0 Å². The van der Waals surface area contributed by atoms with Crippen molar-refractivity contribution in [2.45, 2.75) is 39.7 Å². The number of hydrogen-bond donors (Lipinski definition) is 0. The number of nitrogens with zero attached hydrogens (tertiary/aromatic N) is 5. The van der Waals surface area contributed by atoms with Crippen LogP contribution in [0, 0.1) is 24.0 Å². The third-order valence-corrected chi connectivity index (χ3v) is 4.66. The Kier molecular flexibility index (Phi) is 5.71. The lowest BCUT2D eigenvalue weighted by Gasteiger charge is -2.09. The van der Waals surface area contributed by atoms with Crippen molar-refractivity contribution in [3.8, 4) is 11.5 Å². The molecule has 2 aromatic heterocycles. The molecule has 1 aromatic carbocycles. The summed E-state index contributed by atoms with van der Waals surface area (Å²) in [7, 11) is 1.87. The molecular formula is C19H21N5O5. The molecule has 3 aromatic rings. The summed E-state index contributed by atoms with van der Waals surface area (Å²) in [5.74, 6) is -0.0323. The SMILES string of the molecule is Cc1nn(C)c(C)c1CCC(=O)OC(C)c1nnc(-c2ccc([N+](=O)[O-])cc2)o1. The second-order valence-electron chi connectivity index (χ2n) is 6.65. The lowest BCUT2D eigenvalue weighted by Crippen LogP contribution is -2.10.